The second kappa shape index (κ2) is 11.1. The van der Waals surface area contributed by atoms with Gasteiger partial charge < -0.3 is 20.9 Å². The molecule has 160 valence electrons. The summed E-state index contributed by atoms with van der Waals surface area (Å²) in [4.78, 5) is 24.2. The Hall–Kier alpha value is -1.06. The van der Waals surface area contributed by atoms with Crippen LogP contribution in [0.3, 0.4) is 0 Å². The molecular weight excluding hydrogens is 350 g/mol. The molecular formula is C19H39N3O5. The summed E-state index contributed by atoms with van der Waals surface area (Å²) in [7, 11) is 0. The lowest BCUT2D eigenvalue weighted by atomic mass is 9.66. The standard InChI is InChI=1S/C19H39N3O5/c1-7-19(6,16(25)14(20)8-9-15(24)22-26)18(4,5)21-11-13-27-17(2,3)10-12-23/h14,21,23,26H,7-13,20H2,1-6H3,(H,22,24)/t14-,19?/m1/s1. The molecule has 0 rings (SSSR count). The zero-order valence-electron chi connectivity index (χ0n) is 17.7. The van der Waals surface area contributed by atoms with Gasteiger partial charge in [0.15, 0.2) is 5.78 Å². The van der Waals surface area contributed by atoms with Crippen LogP contribution in [0.4, 0.5) is 0 Å². The Kier molecular flexibility index (Phi) is 10.6. The molecule has 0 aromatic heterocycles. The van der Waals surface area contributed by atoms with Gasteiger partial charge in [0.25, 0.3) is 0 Å². The van der Waals surface area contributed by atoms with E-state index in [1.165, 1.54) is 0 Å². The van der Waals surface area contributed by atoms with Crippen LogP contribution in [0.15, 0.2) is 0 Å². The van der Waals surface area contributed by atoms with Gasteiger partial charge in [0, 0.05) is 30.5 Å². The van der Waals surface area contributed by atoms with E-state index in [1.54, 1.807) is 5.48 Å². The second-order valence-corrected chi connectivity index (χ2v) is 8.36. The zero-order valence-corrected chi connectivity index (χ0v) is 17.7. The number of hydrogen-bond acceptors (Lipinski definition) is 7. The van der Waals surface area contributed by atoms with Gasteiger partial charge in [-0.25, -0.2) is 5.48 Å². The largest absolute Gasteiger partial charge is 0.396 e. The summed E-state index contributed by atoms with van der Waals surface area (Å²) in [5.41, 5.74) is 5.91. The monoisotopic (exact) mass is 389 g/mol. The number of aliphatic hydroxyl groups excluding tert-OH is 1. The minimum Gasteiger partial charge on any atom is -0.396 e. The predicted molar refractivity (Wildman–Crippen MR) is 104 cm³/mol. The van der Waals surface area contributed by atoms with Crippen molar-refractivity contribution >= 4 is 11.7 Å². The Morgan fingerprint density at radius 3 is 2.26 bits per heavy atom. The number of Topliss-reactive ketones (excluding diaryl/α,β-unsaturated/α-hetero) is 1. The molecule has 1 amide bonds. The number of nitrogens with two attached hydrogens (primary N) is 1. The van der Waals surface area contributed by atoms with Gasteiger partial charge in [0.05, 0.1) is 18.2 Å². The highest BCUT2D eigenvalue weighted by molar-refractivity contribution is 5.91. The SMILES string of the molecule is CCC(C)(C(=O)[C@H](N)CCC(=O)NO)C(C)(C)NCCOC(C)(C)CCO. The van der Waals surface area contributed by atoms with Crippen molar-refractivity contribution in [2.75, 3.05) is 19.8 Å². The Bertz CT molecular complexity index is 482. The average molecular weight is 390 g/mol. The third-order valence-electron chi connectivity index (χ3n) is 5.65. The fraction of sp³-hybridized carbons (Fsp3) is 0.895. The normalized spacial score (nSPS) is 15.9. The minimum absolute atomic E-state index is 0.00909. The molecule has 1 unspecified atom stereocenters. The van der Waals surface area contributed by atoms with E-state index >= 15 is 0 Å². The van der Waals surface area contributed by atoms with Crippen molar-refractivity contribution in [1.29, 1.82) is 0 Å². The number of ketones is 1. The Labute approximate surface area is 163 Å². The Morgan fingerprint density at radius 2 is 1.78 bits per heavy atom. The summed E-state index contributed by atoms with van der Waals surface area (Å²) >= 11 is 0. The number of hydrogen-bond donors (Lipinski definition) is 5. The number of carbonyl (C=O) groups excluding carboxylic acids is 2. The van der Waals surface area contributed by atoms with Crippen LogP contribution < -0.4 is 16.5 Å². The lowest BCUT2D eigenvalue weighted by Crippen LogP contribution is -2.60. The highest BCUT2D eigenvalue weighted by Crippen LogP contribution is 2.36. The number of ether oxygens (including phenoxy) is 1. The molecule has 0 saturated carbocycles. The van der Waals surface area contributed by atoms with Crippen molar-refractivity contribution in [3.63, 3.8) is 0 Å². The minimum atomic E-state index is -0.784. The van der Waals surface area contributed by atoms with Crippen molar-refractivity contribution in [3.05, 3.63) is 0 Å². The summed E-state index contributed by atoms with van der Waals surface area (Å²) in [6, 6.07) is -0.784. The quantitative estimate of drug-likeness (QED) is 0.171. The van der Waals surface area contributed by atoms with Gasteiger partial charge >= 0.3 is 0 Å². The zero-order chi connectivity index (χ0) is 21.3. The predicted octanol–water partition coefficient (Wildman–Crippen LogP) is 1.13. The average Bonchev–Trinajstić information content (AvgIpc) is 2.61. The lowest BCUT2D eigenvalue weighted by Gasteiger charge is -2.44. The number of aliphatic hydroxyl groups is 1. The molecule has 0 saturated heterocycles. The van der Waals surface area contributed by atoms with Gasteiger partial charge in [-0.1, -0.05) is 13.8 Å². The fourth-order valence-electron chi connectivity index (χ4n) is 3.03. The van der Waals surface area contributed by atoms with E-state index in [4.69, 9.17) is 20.8 Å². The van der Waals surface area contributed by atoms with Gasteiger partial charge in [-0.05, 0) is 47.0 Å². The summed E-state index contributed by atoms with van der Waals surface area (Å²) in [6.45, 7) is 12.7. The molecule has 0 aliphatic carbocycles. The third-order valence-corrected chi connectivity index (χ3v) is 5.65. The molecule has 0 aliphatic rings. The first kappa shape index (κ1) is 25.9. The van der Waals surface area contributed by atoms with E-state index in [2.05, 4.69) is 5.32 Å². The van der Waals surface area contributed by atoms with Crippen molar-refractivity contribution in [1.82, 2.24) is 10.8 Å². The van der Waals surface area contributed by atoms with Crippen molar-refractivity contribution in [2.24, 2.45) is 11.1 Å². The van der Waals surface area contributed by atoms with E-state index in [0.717, 1.165) is 0 Å². The van der Waals surface area contributed by atoms with Crippen LogP contribution in [-0.4, -0.2) is 58.9 Å². The molecule has 2 atom stereocenters. The molecule has 27 heavy (non-hydrogen) atoms. The van der Waals surface area contributed by atoms with Crippen LogP contribution in [0.25, 0.3) is 0 Å². The number of nitrogens with one attached hydrogen (secondary N) is 2. The maximum atomic E-state index is 13.0. The first-order chi connectivity index (χ1) is 12.4. The molecule has 0 radical (unpaired) electrons. The molecule has 0 heterocycles. The van der Waals surface area contributed by atoms with E-state index in [-0.39, 0.29) is 25.2 Å². The van der Waals surface area contributed by atoms with Gasteiger partial charge in [-0.3, -0.25) is 14.8 Å². The maximum absolute atomic E-state index is 13.0. The molecule has 0 bridgehead atoms. The van der Waals surface area contributed by atoms with E-state index in [1.807, 2.05) is 41.5 Å². The number of rotatable bonds is 14. The van der Waals surface area contributed by atoms with E-state index < -0.39 is 28.5 Å². The van der Waals surface area contributed by atoms with E-state index in [0.29, 0.717) is 26.0 Å². The molecule has 0 aliphatic heterocycles. The summed E-state index contributed by atoms with van der Waals surface area (Å²) in [5, 5.41) is 21.0. The molecule has 0 aromatic rings. The first-order valence-corrected chi connectivity index (χ1v) is 9.59. The number of hydroxylamine groups is 1. The highest BCUT2D eigenvalue weighted by atomic mass is 16.5. The van der Waals surface area contributed by atoms with Crippen molar-refractivity contribution in [2.45, 2.75) is 84.4 Å². The van der Waals surface area contributed by atoms with E-state index in [9.17, 15) is 9.59 Å². The second-order valence-electron chi connectivity index (χ2n) is 8.36. The lowest BCUT2D eigenvalue weighted by molar-refractivity contribution is -0.134. The molecule has 0 fully saturated rings. The van der Waals surface area contributed by atoms with Crippen LogP contribution in [-0.2, 0) is 14.3 Å². The van der Waals surface area contributed by atoms with Crippen molar-refractivity contribution in [3.8, 4) is 0 Å². The van der Waals surface area contributed by atoms with Gasteiger partial charge in [0.2, 0.25) is 5.91 Å². The smallest absolute Gasteiger partial charge is 0.243 e. The molecule has 0 spiro atoms. The van der Waals surface area contributed by atoms with Gasteiger partial charge in [-0.15, -0.1) is 0 Å². The number of amides is 1. The molecule has 6 N–H and O–H groups in total. The molecule has 8 nitrogen and oxygen atoms in total. The third kappa shape index (κ3) is 7.83. The molecule has 0 aromatic carbocycles. The Morgan fingerprint density at radius 1 is 1.19 bits per heavy atom. The van der Waals surface area contributed by atoms with Gasteiger partial charge in [-0.2, -0.15) is 0 Å². The van der Waals surface area contributed by atoms with Crippen LogP contribution in [0.2, 0.25) is 0 Å². The molecule has 8 heteroatoms. The fourth-order valence-corrected chi connectivity index (χ4v) is 3.03. The Balaban J connectivity index is 4.87. The summed E-state index contributed by atoms with van der Waals surface area (Å²) < 4.78 is 5.80. The highest BCUT2D eigenvalue weighted by Gasteiger charge is 2.46. The maximum Gasteiger partial charge on any atom is 0.243 e. The summed E-state index contributed by atoms with van der Waals surface area (Å²) in [6.07, 6.45) is 1.31. The van der Waals surface area contributed by atoms with Crippen LogP contribution in [0.1, 0.15) is 67.2 Å². The van der Waals surface area contributed by atoms with Crippen LogP contribution in [0.5, 0.6) is 0 Å². The van der Waals surface area contributed by atoms with Crippen LogP contribution >= 0.6 is 0 Å². The van der Waals surface area contributed by atoms with Crippen LogP contribution in [0, 0.1) is 5.41 Å². The number of carbonyl (C=O) groups is 2. The first-order valence-electron chi connectivity index (χ1n) is 9.59. The topological polar surface area (TPSA) is 134 Å². The van der Waals surface area contributed by atoms with Gasteiger partial charge in [0.1, 0.15) is 0 Å². The summed E-state index contributed by atoms with van der Waals surface area (Å²) in [5.74, 6) is -0.675. The van der Waals surface area contributed by atoms with Crippen molar-refractivity contribution < 1.29 is 24.6 Å².